The van der Waals surface area contributed by atoms with Crippen molar-refractivity contribution in [1.29, 1.82) is 0 Å². The van der Waals surface area contributed by atoms with Gasteiger partial charge in [0.2, 0.25) is 5.91 Å². The number of amides is 2. The first kappa shape index (κ1) is 20.1. The van der Waals surface area contributed by atoms with Crippen molar-refractivity contribution < 1.29 is 36.5 Å². The summed E-state index contributed by atoms with van der Waals surface area (Å²) in [6, 6.07) is -1.39. The Morgan fingerprint density at radius 2 is 2.04 bits per heavy atom. The van der Waals surface area contributed by atoms with Crippen LogP contribution in [0.25, 0.3) is 0 Å². The van der Waals surface area contributed by atoms with Gasteiger partial charge in [0, 0.05) is 18.9 Å². The number of carboxylic acids is 1. The number of ether oxygens (including phenoxy) is 1. The molecular weight excluding hydrogens is 347 g/mol. The summed E-state index contributed by atoms with van der Waals surface area (Å²) in [5.41, 5.74) is -0.771. The molecule has 9 nitrogen and oxygen atoms in total. The summed E-state index contributed by atoms with van der Waals surface area (Å²) < 4.78 is 39.0. The molecular formula is C13H21FN2O7S. The fourth-order valence-corrected chi connectivity index (χ4v) is 3.11. The molecule has 2 N–H and O–H groups in total. The number of aliphatic carboxylic acids is 1. The SMILES string of the molecule is CC(C)(C)OC(=O)NC[C@H](C(=O)O)N1CC(CS(=O)(=O)F)CC1=O. The van der Waals surface area contributed by atoms with E-state index in [-0.39, 0.29) is 13.0 Å². The molecule has 0 bridgehead atoms. The van der Waals surface area contributed by atoms with E-state index in [4.69, 9.17) is 4.74 Å². The minimum absolute atomic E-state index is 0.213. The van der Waals surface area contributed by atoms with Crippen molar-refractivity contribution in [3.05, 3.63) is 0 Å². The van der Waals surface area contributed by atoms with E-state index in [0.717, 1.165) is 4.90 Å². The van der Waals surface area contributed by atoms with Crippen LogP contribution in [0.3, 0.4) is 0 Å². The maximum Gasteiger partial charge on any atom is 0.407 e. The molecule has 11 heteroatoms. The van der Waals surface area contributed by atoms with Crippen LogP contribution in [0.5, 0.6) is 0 Å². The Bertz CT molecular complexity index is 614. The molecule has 24 heavy (non-hydrogen) atoms. The highest BCUT2D eigenvalue weighted by molar-refractivity contribution is 7.86. The lowest BCUT2D eigenvalue weighted by atomic mass is 10.1. The average molecular weight is 368 g/mol. The number of nitrogens with one attached hydrogen (secondary N) is 1. The van der Waals surface area contributed by atoms with E-state index in [2.05, 4.69) is 5.32 Å². The molecule has 138 valence electrons. The van der Waals surface area contributed by atoms with Gasteiger partial charge in [-0.25, -0.2) is 9.59 Å². The zero-order valence-corrected chi connectivity index (χ0v) is 14.4. The zero-order chi connectivity index (χ0) is 18.7. The van der Waals surface area contributed by atoms with Crippen molar-refractivity contribution in [1.82, 2.24) is 10.2 Å². The van der Waals surface area contributed by atoms with E-state index in [9.17, 15) is 31.8 Å². The molecule has 0 aliphatic carbocycles. The first-order valence-corrected chi connectivity index (χ1v) is 8.75. The smallest absolute Gasteiger partial charge is 0.407 e. The number of halogens is 1. The number of hydrogen-bond acceptors (Lipinski definition) is 6. The van der Waals surface area contributed by atoms with Gasteiger partial charge in [0.25, 0.3) is 0 Å². The van der Waals surface area contributed by atoms with Gasteiger partial charge in [0.1, 0.15) is 11.6 Å². The van der Waals surface area contributed by atoms with E-state index in [1.54, 1.807) is 20.8 Å². The van der Waals surface area contributed by atoms with Crippen LogP contribution in [0.4, 0.5) is 8.68 Å². The highest BCUT2D eigenvalue weighted by Gasteiger charge is 2.39. The van der Waals surface area contributed by atoms with E-state index in [1.165, 1.54) is 0 Å². The maximum atomic E-state index is 12.7. The highest BCUT2D eigenvalue weighted by Crippen LogP contribution is 2.22. The summed E-state index contributed by atoms with van der Waals surface area (Å²) >= 11 is 0. The number of nitrogens with zero attached hydrogens (tertiary/aromatic N) is 1. The van der Waals surface area contributed by atoms with Crippen LogP contribution in [0, 0.1) is 5.92 Å². The molecule has 0 aromatic carbocycles. The molecule has 0 aromatic rings. The standard InChI is InChI=1S/C13H21FN2O7S/c1-13(2,3)23-12(20)15-5-9(11(18)19)16-6-8(4-10(16)17)7-24(14,21)22/h8-9H,4-7H2,1-3H3,(H,15,20)(H,18,19)/t8?,9-/m1/s1. The molecule has 2 atom stereocenters. The molecule has 1 fully saturated rings. The summed E-state index contributed by atoms with van der Waals surface area (Å²) in [4.78, 5) is 35.7. The van der Waals surface area contributed by atoms with Gasteiger partial charge in [-0.1, -0.05) is 0 Å². The van der Waals surface area contributed by atoms with Crippen molar-refractivity contribution in [3.8, 4) is 0 Å². The van der Waals surface area contributed by atoms with Gasteiger partial charge >= 0.3 is 22.3 Å². The topological polar surface area (TPSA) is 130 Å². The van der Waals surface area contributed by atoms with Crippen LogP contribution in [-0.2, 0) is 24.5 Å². The molecule has 0 saturated carbocycles. The predicted molar refractivity (Wildman–Crippen MR) is 80.4 cm³/mol. The second-order valence-electron chi connectivity index (χ2n) is 6.56. The number of carbonyl (C=O) groups excluding carboxylic acids is 2. The predicted octanol–water partition coefficient (Wildman–Crippen LogP) is 0.112. The lowest BCUT2D eigenvalue weighted by Gasteiger charge is -2.26. The number of alkyl carbamates (subject to hydrolysis) is 1. The number of carbonyl (C=O) groups is 3. The van der Waals surface area contributed by atoms with E-state index >= 15 is 0 Å². The normalized spacial score (nSPS) is 19.9. The zero-order valence-electron chi connectivity index (χ0n) is 13.6. The van der Waals surface area contributed by atoms with Crippen LogP contribution in [0.15, 0.2) is 0 Å². The number of hydrogen-bond donors (Lipinski definition) is 2. The van der Waals surface area contributed by atoms with Gasteiger partial charge in [-0.3, -0.25) is 4.79 Å². The third kappa shape index (κ3) is 6.69. The van der Waals surface area contributed by atoms with E-state index in [1.807, 2.05) is 0 Å². The first-order valence-electron chi connectivity index (χ1n) is 7.20. The fourth-order valence-electron chi connectivity index (χ4n) is 2.33. The van der Waals surface area contributed by atoms with Gasteiger partial charge in [0.05, 0.1) is 12.3 Å². The summed E-state index contributed by atoms with van der Waals surface area (Å²) in [6.07, 6.45) is -1.11. The Labute approximate surface area is 139 Å². The van der Waals surface area contributed by atoms with Gasteiger partial charge in [-0.2, -0.15) is 8.42 Å². The molecule has 1 saturated heterocycles. The molecule has 2 amide bonds. The Kier molecular flexibility index (Phi) is 6.15. The molecule has 0 radical (unpaired) electrons. The Morgan fingerprint density at radius 1 is 1.46 bits per heavy atom. The van der Waals surface area contributed by atoms with Crippen molar-refractivity contribution in [2.45, 2.75) is 38.8 Å². The average Bonchev–Trinajstić information content (AvgIpc) is 2.65. The molecule has 1 aliphatic heterocycles. The summed E-state index contributed by atoms with van der Waals surface area (Å²) in [5.74, 6) is -3.65. The van der Waals surface area contributed by atoms with E-state index in [0.29, 0.717) is 0 Å². The lowest BCUT2D eigenvalue weighted by Crippen LogP contribution is -2.50. The van der Waals surface area contributed by atoms with Crippen LogP contribution in [0.1, 0.15) is 27.2 Å². The van der Waals surface area contributed by atoms with Crippen molar-refractivity contribution in [3.63, 3.8) is 0 Å². The quantitative estimate of drug-likeness (QED) is 0.636. The summed E-state index contributed by atoms with van der Waals surface area (Å²) in [6.45, 7) is 4.27. The Morgan fingerprint density at radius 3 is 2.50 bits per heavy atom. The highest BCUT2D eigenvalue weighted by atomic mass is 32.3. The maximum absolute atomic E-state index is 12.7. The van der Waals surface area contributed by atoms with Crippen molar-refractivity contribution in [2.24, 2.45) is 5.92 Å². The van der Waals surface area contributed by atoms with Crippen molar-refractivity contribution >= 4 is 28.2 Å². The Balaban J connectivity index is 2.70. The molecule has 1 unspecified atom stereocenters. The molecule has 0 spiro atoms. The van der Waals surface area contributed by atoms with Crippen LogP contribution in [-0.4, -0.2) is 66.9 Å². The van der Waals surface area contributed by atoms with Gasteiger partial charge in [-0.15, -0.1) is 3.89 Å². The summed E-state index contributed by atoms with van der Waals surface area (Å²) in [5, 5.41) is 11.5. The molecule has 1 aliphatic rings. The molecule has 1 heterocycles. The fraction of sp³-hybridized carbons (Fsp3) is 0.769. The third-order valence-electron chi connectivity index (χ3n) is 3.17. The van der Waals surface area contributed by atoms with Crippen LogP contribution >= 0.6 is 0 Å². The number of rotatable bonds is 6. The van der Waals surface area contributed by atoms with Gasteiger partial charge < -0.3 is 20.1 Å². The second-order valence-corrected chi connectivity index (χ2v) is 7.97. The lowest BCUT2D eigenvalue weighted by molar-refractivity contribution is -0.148. The number of carboxylic acid groups (broad SMARTS) is 1. The molecule has 0 aromatic heterocycles. The third-order valence-corrected chi connectivity index (χ3v) is 4.04. The van der Waals surface area contributed by atoms with Crippen molar-refractivity contribution in [2.75, 3.05) is 18.8 Å². The van der Waals surface area contributed by atoms with Gasteiger partial charge in [-0.05, 0) is 20.8 Å². The largest absolute Gasteiger partial charge is 0.480 e. The van der Waals surface area contributed by atoms with E-state index < -0.39 is 58.1 Å². The first-order chi connectivity index (χ1) is 10.8. The molecule has 1 rings (SSSR count). The number of likely N-dealkylation sites (tertiary alicyclic amines) is 1. The minimum Gasteiger partial charge on any atom is -0.480 e. The van der Waals surface area contributed by atoms with Gasteiger partial charge in [0.15, 0.2) is 0 Å². The van der Waals surface area contributed by atoms with Crippen LogP contribution in [0.2, 0.25) is 0 Å². The summed E-state index contributed by atoms with van der Waals surface area (Å²) in [7, 11) is -4.76. The second kappa shape index (κ2) is 7.32. The monoisotopic (exact) mass is 368 g/mol. The van der Waals surface area contributed by atoms with Crippen LogP contribution < -0.4 is 5.32 Å². The Hall–Kier alpha value is -1.91. The minimum atomic E-state index is -4.76.